The zero-order chi connectivity index (χ0) is 23.7. The molecule has 7 heteroatoms. The first-order valence-electron chi connectivity index (χ1n) is 10.4. The molecular weight excluding hydrogens is 384 g/mol. The van der Waals surface area contributed by atoms with Gasteiger partial charge in [-0.05, 0) is 24.5 Å². The molecule has 0 unspecified atom stereocenters. The Balaban J connectivity index is 0. The second kappa shape index (κ2) is 16.8. The van der Waals surface area contributed by atoms with Crippen molar-refractivity contribution in [3.63, 3.8) is 0 Å². The third-order valence-corrected chi connectivity index (χ3v) is 3.88. The molecule has 166 valence electrons. The zero-order valence-corrected chi connectivity index (χ0v) is 19.1. The van der Waals surface area contributed by atoms with Gasteiger partial charge in [-0.25, -0.2) is 0 Å². The second-order valence-electron chi connectivity index (χ2n) is 5.47. The normalized spacial score (nSPS) is 8.90. The maximum atomic E-state index is 11.4. The topological polar surface area (TPSA) is 103 Å². The minimum absolute atomic E-state index is 0.193. The highest BCUT2D eigenvalue weighted by Gasteiger charge is 2.17. The van der Waals surface area contributed by atoms with Crippen LogP contribution in [0.25, 0.3) is 0 Å². The van der Waals surface area contributed by atoms with Crippen LogP contribution in [0.3, 0.4) is 0 Å². The summed E-state index contributed by atoms with van der Waals surface area (Å²) < 4.78 is 0. The van der Waals surface area contributed by atoms with E-state index in [1.807, 2.05) is 58.9 Å². The van der Waals surface area contributed by atoms with E-state index < -0.39 is 9.85 Å². The SMILES string of the molecule is CC.CC.CCC(=O)c1ccccc1CC.CCc1ccc([N+](=O)[O-])cc1[N+](=O)[O-]. The van der Waals surface area contributed by atoms with Crippen LogP contribution < -0.4 is 0 Å². The third kappa shape index (κ3) is 9.41. The quantitative estimate of drug-likeness (QED) is 0.286. The molecular formula is C23H34N2O5. The monoisotopic (exact) mass is 418 g/mol. The number of hydrogen-bond donors (Lipinski definition) is 0. The van der Waals surface area contributed by atoms with E-state index in [2.05, 4.69) is 6.92 Å². The molecule has 2 rings (SSSR count). The van der Waals surface area contributed by atoms with E-state index in [1.54, 1.807) is 6.92 Å². The molecule has 0 N–H and O–H groups in total. The molecule has 0 spiro atoms. The lowest BCUT2D eigenvalue weighted by Gasteiger charge is -2.03. The minimum Gasteiger partial charge on any atom is -0.294 e. The summed E-state index contributed by atoms with van der Waals surface area (Å²) in [7, 11) is 0. The average Bonchev–Trinajstić information content (AvgIpc) is 2.80. The van der Waals surface area contributed by atoms with Gasteiger partial charge in [-0.15, -0.1) is 0 Å². The van der Waals surface area contributed by atoms with Gasteiger partial charge in [0, 0.05) is 23.6 Å². The highest BCUT2D eigenvalue weighted by molar-refractivity contribution is 5.97. The van der Waals surface area contributed by atoms with Crippen LogP contribution >= 0.6 is 0 Å². The number of rotatable bonds is 6. The summed E-state index contributed by atoms with van der Waals surface area (Å²) in [5, 5.41) is 20.9. The van der Waals surface area contributed by atoms with Gasteiger partial charge in [-0.3, -0.25) is 25.0 Å². The maximum Gasteiger partial charge on any atom is 0.279 e. The van der Waals surface area contributed by atoms with Gasteiger partial charge in [0.2, 0.25) is 0 Å². The van der Waals surface area contributed by atoms with Gasteiger partial charge in [-0.1, -0.05) is 72.7 Å². The molecule has 0 aliphatic heterocycles. The van der Waals surface area contributed by atoms with Crippen molar-refractivity contribution >= 4 is 17.2 Å². The lowest BCUT2D eigenvalue weighted by Crippen LogP contribution is -2.00. The fourth-order valence-corrected chi connectivity index (χ4v) is 2.43. The fourth-order valence-electron chi connectivity index (χ4n) is 2.43. The lowest BCUT2D eigenvalue weighted by molar-refractivity contribution is -0.394. The standard InChI is InChI=1S/C11H14O.C8H8N2O4.2C2H6/c1-3-9-7-5-6-8-10(9)11(12)4-2;1-2-6-3-4-7(9(11)12)5-8(6)10(13)14;2*1-2/h5-8H,3-4H2,1-2H3;3-5H,2H2,1H3;2*1-2H3. The summed E-state index contributed by atoms with van der Waals surface area (Å²) in [6.45, 7) is 13.7. The highest BCUT2D eigenvalue weighted by Crippen LogP contribution is 2.24. The molecule has 0 radical (unpaired) electrons. The van der Waals surface area contributed by atoms with Gasteiger partial charge < -0.3 is 0 Å². The number of Topliss-reactive ketones (excluding diaryl/α,β-unsaturated/α-hetero) is 1. The molecule has 0 aliphatic carbocycles. The van der Waals surface area contributed by atoms with Crippen molar-refractivity contribution in [3.8, 4) is 0 Å². The summed E-state index contributed by atoms with van der Waals surface area (Å²) >= 11 is 0. The van der Waals surface area contributed by atoms with Crippen molar-refractivity contribution in [1.29, 1.82) is 0 Å². The first-order chi connectivity index (χ1) is 14.3. The second-order valence-corrected chi connectivity index (χ2v) is 5.47. The summed E-state index contributed by atoms with van der Waals surface area (Å²) in [5.74, 6) is 0.243. The Morgan fingerprint density at radius 1 is 0.800 bits per heavy atom. The van der Waals surface area contributed by atoms with Gasteiger partial charge in [-0.2, -0.15) is 0 Å². The highest BCUT2D eigenvalue weighted by atomic mass is 16.6. The van der Waals surface area contributed by atoms with Gasteiger partial charge >= 0.3 is 0 Å². The van der Waals surface area contributed by atoms with Crippen LogP contribution in [0.15, 0.2) is 42.5 Å². The summed E-state index contributed by atoms with van der Waals surface area (Å²) in [6.07, 6.45) is 2.01. The Bertz CT molecular complexity index is 804. The molecule has 0 saturated carbocycles. The summed E-state index contributed by atoms with van der Waals surface area (Å²) in [4.78, 5) is 31.0. The van der Waals surface area contributed by atoms with Crippen molar-refractivity contribution in [3.05, 3.63) is 79.4 Å². The van der Waals surface area contributed by atoms with Crippen molar-refractivity contribution < 1.29 is 14.6 Å². The molecule has 0 saturated heterocycles. The van der Waals surface area contributed by atoms with Crippen LogP contribution in [-0.4, -0.2) is 15.6 Å². The first kappa shape index (κ1) is 29.1. The number of nitro benzene ring substituents is 2. The number of aryl methyl sites for hydroxylation is 2. The van der Waals surface area contributed by atoms with Gasteiger partial charge in [0.05, 0.1) is 15.9 Å². The Morgan fingerprint density at radius 3 is 1.77 bits per heavy atom. The van der Waals surface area contributed by atoms with Gasteiger partial charge in [0.25, 0.3) is 11.4 Å². The van der Waals surface area contributed by atoms with E-state index in [1.165, 1.54) is 12.1 Å². The number of hydrogen-bond acceptors (Lipinski definition) is 5. The van der Waals surface area contributed by atoms with E-state index in [0.29, 0.717) is 18.4 Å². The predicted octanol–water partition coefficient (Wildman–Crippen LogP) is 6.96. The largest absolute Gasteiger partial charge is 0.294 e. The molecule has 0 aromatic heterocycles. The Kier molecular flexibility index (Phi) is 16.3. The van der Waals surface area contributed by atoms with Crippen LogP contribution in [0.4, 0.5) is 11.4 Å². The average molecular weight is 419 g/mol. The zero-order valence-electron chi connectivity index (χ0n) is 19.1. The van der Waals surface area contributed by atoms with Crippen molar-refractivity contribution in [2.45, 2.75) is 67.7 Å². The number of ketones is 1. The molecule has 0 fully saturated rings. The Morgan fingerprint density at radius 2 is 1.33 bits per heavy atom. The number of benzene rings is 2. The lowest BCUT2D eigenvalue weighted by atomic mass is 10.0. The molecule has 0 heterocycles. The molecule has 2 aromatic carbocycles. The number of non-ortho nitro benzene ring substituents is 1. The van der Waals surface area contributed by atoms with E-state index in [4.69, 9.17) is 0 Å². The van der Waals surface area contributed by atoms with Crippen LogP contribution in [0, 0.1) is 20.2 Å². The number of nitro groups is 2. The number of carbonyl (C=O) groups is 1. The van der Waals surface area contributed by atoms with E-state index in [0.717, 1.165) is 23.6 Å². The van der Waals surface area contributed by atoms with Crippen LogP contribution in [0.5, 0.6) is 0 Å². The van der Waals surface area contributed by atoms with Crippen LogP contribution in [0.1, 0.15) is 76.4 Å². The Labute approximate surface area is 179 Å². The molecule has 2 aromatic rings. The van der Waals surface area contributed by atoms with Crippen LogP contribution in [0.2, 0.25) is 0 Å². The first-order valence-corrected chi connectivity index (χ1v) is 10.4. The van der Waals surface area contributed by atoms with E-state index in [9.17, 15) is 25.0 Å². The molecule has 7 nitrogen and oxygen atoms in total. The Hall–Kier alpha value is -3.09. The molecule has 0 bridgehead atoms. The van der Waals surface area contributed by atoms with Crippen molar-refractivity contribution in [1.82, 2.24) is 0 Å². The molecule has 0 atom stereocenters. The third-order valence-electron chi connectivity index (χ3n) is 3.88. The smallest absolute Gasteiger partial charge is 0.279 e. The summed E-state index contributed by atoms with van der Waals surface area (Å²) in [5.41, 5.74) is 2.10. The van der Waals surface area contributed by atoms with E-state index in [-0.39, 0.29) is 17.2 Å². The maximum absolute atomic E-state index is 11.4. The summed E-state index contributed by atoms with van der Waals surface area (Å²) in [6, 6.07) is 11.5. The minimum atomic E-state index is -0.646. The van der Waals surface area contributed by atoms with Crippen molar-refractivity contribution in [2.24, 2.45) is 0 Å². The predicted molar refractivity (Wildman–Crippen MR) is 122 cm³/mol. The molecule has 0 aliphatic rings. The van der Waals surface area contributed by atoms with Crippen LogP contribution in [-0.2, 0) is 12.8 Å². The van der Waals surface area contributed by atoms with E-state index >= 15 is 0 Å². The molecule has 30 heavy (non-hydrogen) atoms. The number of nitrogens with zero attached hydrogens (tertiary/aromatic N) is 2. The molecule has 0 amide bonds. The van der Waals surface area contributed by atoms with Gasteiger partial charge in [0.1, 0.15) is 0 Å². The number of carbonyl (C=O) groups excluding carboxylic acids is 1. The fraction of sp³-hybridized carbons (Fsp3) is 0.435. The van der Waals surface area contributed by atoms with Gasteiger partial charge in [0.15, 0.2) is 5.78 Å². The van der Waals surface area contributed by atoms with Crippen molar-refractivity contribution in [2.75, 3.05) is 0 Å².